The van der Waals surface area contributed by atoms with Crippen molar-refractivity contribution >= 4 is 0 Å². The summed E-state index contributed by atoms with van der Waals surface area (Å²) in [6.07, 6.45) is 13.3. The van der Waals surface area contributed by atoms with Gasteiger partial charge < -0.3 is 15.3 Å². The molecule has 0 aromatic rings. The number of allylic oxidation sites excluding steroid dienone is 1. The molecule has 3 fully saturated rings. The number of aliphatic hydroxyl groups is 3. The molecule has 0 saturated heterocycles. The Labute approximate surface area is 145 Å². The number of rotatable bonds is 0. The van der Waals surface area contributed by atoms with Gasteiger partial charge in [-0.15, -0.1) is 6.42 Å². The maximum Gasteiger partial charge on any atom is 0.156 e. The summed E-state index contributed by atoms with van der Waals surface area (Å²) in [4.78, 5) is 0. The molecule has 4 rings (SSSR count). The molecule has 3 saturated carbocycles. The number of terminal acetylenes is 1. The van der Waals surface area contributed by atoms with Gasteiger partial charge in [-0.3, -0.25) is 0 Å². The Hall–Kier alpha value is -0.820. The van der Waals surface area contributed by atoms with Crippen LogP contribution >= 0.6 is 0 Å². The topological polar surface area (TPSA) is 60.7 Å². The van der Waals surface area contributed by atoms with Crippen LogP contribution in [0.4, 0.5) is 0 Å². The maximum atomic E-state index is 11.0. The summed E-state index contributed by atoms with van der Waals surface area (Å²) in [6, 6.07) is 0. The minimum atomic E-state index is -1.39. The molecule has 0 radical (unpaired) electrons. The monoisotopic (exact) mass is 330 g/mol. The molecule has 3 unspecified atom stereocenters. The molecule has 4 aliphatic carbocycles. The standard InChI is InChI=1S/C21H30O3/c1-4-21(24)18(23)12-17-15-6-5-13-11-14(22)7-9-19(13,2)16(15)8-10-20(17,21)3/h1,5,14-18,22-24H,6-12H2,2-3H3/t14-,15?,16?,17?,18+,19-,20-,21-/m0/s1. The van der Waals surface area contributed by atoms with E-state index in [2.05, 4.69) is 25.8 Å². The highest BCUT2D eigenvalue weighted by molar-refractivity contribution is 5.30. The van der Waals surface area contributed by atoms with Crippen molar-refractivity contribution in [1.29, 1.82) is 0 Å². The predicted molar refractivity (Wildman–Crippen MR) is 92.9 cm³/mol. The van der Waals surface area contributed by atoms with E-state index in [4.69, 9.17) is 6.42 Å². The second-order valence-electron chi connectivity index (χ2n) is 9.27. The highest BCUT2D eigenvalue weighted by Gasteiger charge is 2.66. The van der Waals surface area contributed by atoms with Crippen LogP contribution < -0.4 is 0 Å². The largest absolute Gasteiger partial charge is 0.393 e. The molecule has 0 bridgehead atoms. The fourth-order valence-electron chi connectivity index (χ4n) is 6.92. The van der Waals surface area contributed by atoms with E-state index in [1.54, 1.807) is 0 Å². The number of hydrogen-bond acceptors (Lipinski definition) is 3. The molecule has 3 N–H and O–H groups in total. The molecule has 24 heavy (non-hydrogen) atoms. The highest BCUT2D eigenvalue weighted by atomic mass is 16.3. The molecule has 0 spiro atoms. The first-order valence-corrected chi connectivity index (χ1v) is 9.52. The normalized spacial score (nSPS) is 56.5. The molecule has 0 aromatic heterocycles. The quantitative estimate of drug-likeness (QED) is 0.473. The minimum Gasteiger partial charge on any atom is -0.393 e. The van der Waals surface area contributed by atoms with Crippen LogP contribution in [0.5, 0.6) is 0 Å². The molecule has 8 atom stereocenters. The van der Waals surface area contributed by atoms with Crippen molar-refractivity contribution in [3.8, 4) is 12.3 Å². The smallest absolute Gasteiger partial charge is 0.156 e. The van der Waals surface area contributed by atoms with E-state index in [9.17, 15) is 15.3 Å². The maximum absolute atomic E-state index is 11.0. The van der Waals surface area contributed by atoms with Crippen LogP contribution in [-0.4, -0.2) is 33.1 Å². The first kappa shape index (κ1) is 16.6. The van der Waals surface area contributed by atoms with E-state index >= 15 is 0 Å². The first-order chi connectivity index (χ1) is 11.3. The molecule has 132 valence electrons. The molecule has 0 heterocycles. The van der Waals surface area contributed by atoms with Crippen LogP contribution in [0.2, 0.25) is 0 Å². The van der Waals surface area contributed by atoms with Crippen molar-refractivity contribution in [2.75, 3.05) is 0 Å². The average molecular weight is 330 g/mol. The lowest BCUT2D eigenvalue weighted by Gasteiger charge is -2.58. The van der Waals surface area contributed by atoms with Crippen LogP contribution in [0, 0.1) is 40.9 Å². The van der Waals surface area contributed by atoms with E-state index in [0.717, 1.165) is 38.5 Å². The summed E-state index contributed by atoms with van der Waals surface area (Å²) in [7, 11) is 0. The lowest BCUT2D eigenvalue weighted by molar-refractivity contribution is -0.118. The summed E-state index contributed by atoms with van der Waals surface area (Å²) < 4.78 is 0. The van der Waals surface area contributed by atoms with Crippen molar-refractivity contribution < 1.29 is 15.3 Å². The third-order valence-electron chi connectivity index (χ3n) is 8.52. The van der Waals surface area contributed by atoms with Crippen LogP contribution in [-0.2, 0) is 0 Å². The number of aliphatic hydroxyl groups excluding tert-OH is 2. The van der Waals surface area contributed by atoms with E-state index in [0.29, 0.717) is 18.3 Å². The van der Waals surface area contributed by atoms with Crippen LogP contribution in [0.15, 0.2) is 11.6 Å². The van der Waals surface area contributed by atoms with Gasteiger partial charge in [0.2, 0.25) is 0 Å². The van der Waals surface area contributed by atoms with Gasteiger partial charge in [-0.05, 0) is 68.1 Å². The lowest BCUT2D eigenvalue weighted by Crippen LogP contribution is -2.55. The molecule has 3 nitrogen and oxygen atoms in total. The fourth-order valence-corrected chi connectivity index (χ4v) is 6.92. The Balaban J connectivity index is 1.71. The first-order valence-electron chi connectivity index (χ1n) is 9.52. The van der Waals surface area contributed by atoms with Gasteiger partial charge in [-0.1, -0.05) is 31.4 Å². The fraction of sp³-hybridized carbons (Fsp3) is 0.810. The van der Waals surface area contributed by atoms with E-state index in [1.165, 1.54) is 5.57 Å². The van der Waals surface area contributed by atoms with Crippen molar-refractivity contribution in [1.82, 2.24) is 0 Å². The van der Waals surface area contributed by atoms with E-state index in [-0.39, 0.29) is 17.4 Å². The summed E-state index contributed by atoms with van der Waals surface area (Å²) >= 11 is 0. The molecule has 0 aliphatic heterocycles. The second-order valence-corrected chi connectivity index (χ2v) is 9.27. The van der Waals surface area contributed by atoms with Gasteiger partial charge in [0, 0.05) is 5.41 Å². The van der Waals surface area contributed by atoms with Crippen molar-refractivity contribution in [2.24, 2.45) is 28.6 Å². The average Bonchev–Trinajstić information content (AvgIpc) is 2.76. The van der Waals surface area contributed by atoms with Gasteiger partial charge in [-0.2, -0.15) is 0 Å². The molecular weight excluding hydrogens is 300 g/mol. The van der Waals surface area contributed by atoms with Gasteiger partial charge in [0.15, 0.2) is 5.60 Å². The summed E-state index contributed by atoms with van der Waals surface area (Å²) in [5, 5.41) is 31.6. The SMILES string of the molecule is C#C[C@]1(O)[C@H](O)CC2C3CC=C4C[C@@H](O)CC[C@]4(C)C3CC[C@@]21C. The molecular formula is C21H30O3. The molecule has 0 aromatic carbocycles. The van der Waals surface area contributed by atoms with E-state index in [1.807, 2.05) is 0 Å². The third-order valence-corrected chi connectivity index (χ3v) is 8.52. The zero-order chi connectivity index (χ0) is 17.3. The molecule has 0 amide bonds. The van der Waals surface area contributed by atoms with Gasteiger partial charge in [0.05, 0.1) is 12.2 Å². The van der Waals surface area contributed by atoms with Gasteiger partial charge in [-0.25, -0.2) is 0 Å². The van der Waals surface area contributed by atoms with Gasteiger partial charge in [0.1, 0.15) is 0 Å². The highest BCUT2D eigenvalue weighted by Crippen LogP contribution is 2.66. The number of fused-ring (bicyclic) bond motifs is 5. The lowest BCUT2D eigenvalue weighted by atomic mass is 9.47. The predicted octanol–water partition coefficient (Wildman–Crippen LogP) is 2.65. The van der Waals surface area contributed by atoms with E-state index < -0.39 is 17.1 Å². The summed E-state index contributed by atoms with van der Waals surface area (Å²) in [5.41, 5.74) is -0.170. The Morgan fingerprint density at radius 2 is 1.92 bits per heavy atom. The zero-order valence-electron chi connectivity index (χ0n) is 14.8. The summed E-state index contributed by atoms with van der Waals surface area (Å²) in [6.45, 7) is 4.47. The van der Waals surface area contributed by atoms with Crippen LogP contribution in [0.3, 0.4) is 0 Å². The Morgan fingerprint density at radius 3 is 2.62 bits per heavy atom. The third kappa shape index (κ3) is 1.86. The summed E-state index contributed by atoms with van der Waals surface area (Å²) in [5.74, 6) is 3.88. The zero-order valence-corrected chi connectivity index (χ0v) is 14.8. The van der Waals surface area contributed by atoms with Crippen molar-refractivity contribution in [2.45, 2.75) is 76.6 Å². The Morgan fingerprint density at radius 1 is 1.17 bits per heavy atom. The van der Waals surface area contributed by atoms with Gasteiger partial charge >= 0.3 is 0 Å². The van der Waals surface area contributed by atoms with Crippen LogP contribution in [0.1, 0.15) is 58.8 Å². The van der Waals surface area contributed by atoms with Crippen molar-refractivity contribution in [3.05, 3.63) is 11.6 Å². The Kier molecular flexibility index (Phi) is 3.53. The Bertz CT molecular complexity index is 619. The molecule has 3 heteroatoms. The molecule has 4 aliphatic rings. The second kappa shape index (κ2) is 5.10. The number of hydrogen-bond donors (Lipinski definition) is 3. The minimum absolute atomic E-state index is 0.172. The van der Waals surface area contributed by atoms with Crippen LogP contribution in [0.25, 0.3) is 0 Å². The van der Waals surface area contributed by atoms with Gasteiger partial charge in [0.25, 0.3) is 0 Å². The van der Waals surface area contributed by atoms with Crippen molar-refractivity contribution in [3.63, 3.8) is 0 Å².